The van der Waals surface area contributed by atoms with Crippen LogP contribution in [0.1, 0.15) is 56.5 Å². The quantitative estimate of drug-likeness (QED) is 0.493. The van der Waals surface area contributed by atoms with E-state index in [2.05, 4.69) is 46.0 Å². The Bertz CT molecular complexity index is 1210. The molecule has 2 aromatic heterocycles. The highest BCUT2D eigenvalue weighted by Crippen LogP contribution is 2.41. The van der Waals surface area contributed by atoms with Crippen LogP contribution in [-0.2, 0) is 36.0 Å². The molecule has 192 valence electrons. The molecule has 8 heteroatoms. The van der Waals surface area contributed by atoms with Crippen LogP contribution in [0.3, 0.4) is 0 Å². The second-order valence-corrected chi connectivity index (χ2v) is 9.87. The molecular formula is C28H38N6O2. The minimum absolute atomic E-state index is 0.282. The Morgan fingerprint density at radius 2 is 2.08 bits per heavy atom. The molecule has 36 heavy (non-hydrogen) atoms. The van der Waals surface area contributed by atoms with Gasteiger partial charge in [0.15, 0.2) is 5.82 Å². The normalized spacial score (nSPS) is 21.0. The highest BCUT2D eigenvalue weighted by atomic mass is 16.5. The molecule has 1 aromatic carbocycles. The Balaban J connectivity index is 0.00000130. The average molecular weight is 491 g/mol. The molecule has 0 aliphatic carbocycles. The summed E-state index contributed by atoms with van der Waals surface area (Å²) < 4.78 is 9.77. The number of benzene rings is 1. The van der Waals surface area contributed by atoms with Crippen LogP contribution in [0, 0.1) is 5.92 Å². The molecule has 0 bridgehead atoms. The first-order chi connectivity index (χ1) is 17.6. The summed E-state index contributed by atoms with van der Waals surface area (Å²) in [5.74, 6) is 1.57. The molecule has 0 spiro atoms. The number of hydrogen-bond acceptors (Lipinski definition) is 5. The molecule has 0 N–H and O–H groups in total. The zero-order valence-corrected chi connectivity index (χ0v) is 22.0. The molecular weight excluding hydrogens is 452 g/mol. The fourth-order valence-corrected chi connectivity index (χ4v) is 5.74. The number of carbonyl (C=O) groups is 1. The number of ether oxygens (including phenoxy) is 1. The van der Waals surface area contributed by atoms with Crippen molar-refractivity contribution in [3.05, 3.63) is 47.4 Å². The minimum Gasteiger partial charge on any atom is -0.379 e. The third-order valence-electron chi connectivity index (χ3n) is 7.69. The fourth-order valence-electron chi connectivity index (χ4n) is 5.74. The number of aromatic nitrogens is 4. The van der Waals surface area contributed by atoms with E-state index in [0.29, 0.717) is 19.1 Å². The summed E-state index contributed by atoms with van der Waals surface area (Å²) in [5.41, 5.74) is 7.40. The lowest BCUT2D eigenvalue weighted by Gasteiger charge is -2.36. The van der Waals surface area contributed by atoms with E-state index in [1.54, 1.807) is 0 Å². The van der Waals surface area contributed by atoms with Gasteiger partial charge in [0.25, 0.3) is 0 Å². The highest BCUT2D eigenvalue weighted by molar-refractivity contribution is 5.74. The predicted octanol–water partition coefficient (Wildman–Crippen LogP) is 4.51. The lowest BCUT2D eigenvalue weighted by atomic mass is 9.88. The van der Waals surface area contributed by atoms with Gasteiger partial charge < -0.3 is 14.5 Å². The largest absolute Gasteiger partial charge is 0.379 e. The van der Waals surface area contributed by atoms with Gasteiger partial charge in [-0.2, -0.15) is 10.2 Å². The van der Waals surface area contributed by atoms with Gasteiger partial charge in [0, 0.05) is 61.9 Å². The highest BCUT2D eigenvalue weighted by Gasteiger charge is 2.34. The molecule has 1 amide bonds. The molecule has 1 saturated heterocycles. The van der Waals surface area contributed by atoms with Crippen molar-refractivity contribution in [1.82, 2.24) is 24.5 Å². The number of amides is 1. The number of anilines is 2. The number of nitrogens with zero attached hydrogens (tertiary/aromatic N) is 6. The molecule has 0 saturated carbocycles. The van der Waals surface area contributed by atoms with Crippen LogP contribution < -0.4 is 4.90 Å². The Morgan fingerprint density at radius 3 is 2.78 bits per heavy atom. The fraction of sp³-hybridized carbons (Fsp3) is 0.536. The summed E-state index contributed by atoms with van der Waals surface area (Å²) in [4.78, 5) is 15.9. The number of aryl methyl sites for hydroxylation is 1. The second-order valence-electron chi connectivity index (χ2n) is 9.87. The van der Waals surface area contributed by atoms with Crippen molar-refractivity contribution in [2.24, 2.45) is 13.0 Å². The zero-order chi connectivity index (χ0) is 25.2. The molecule has 2 unspecified atom stereocenters. The van der Waals surface area contributed by atoms with E-state index in [1.807, 2.05) is 36.7 Å². The molecule has 5 heterocycles. The Hall–Kier alpha value is -3.13. The summed E-state index contributed by atoms with van der Waals surface area (Å²) in [7, 11) is 1.95. The van der Waals surface area contributed by atoms with Crippen molar-refractivity contribution < 1.29 is 9.53 Å². The van der Waals surface area contributed by atoms with Crippen LogP contribution >= 0.6 is 0 Å². The topological polar surface area (TPSA) is 68.4 Å². The maximum Gasteiger partial charge on any atom is 0.210 e. The van der Waals surface area contributed by atoms with Crippen LogP contribution in [0.25, 0.3) is 11.1 Å². The van der Waals surface area contributed by atoms with Gasteiger partial charge in [0.2, 0.25) is 6.41 Å². The smallest absolute Gasteiger partial charge is 0.210 e. The van der Waals surface area contributed by atoms with Gasteiger partial charge in [-0.05, 0) is 42.0 Å². The van der Waals surface area contributed by atoms with Crippen molar-refractivity contribution in [1.29, 1.82) is 0 Å². The van der Waals surface area contributed by atoms with Gasteiger partial charge >= 0.3 is 0 Å². The van der Waals surface area contributed by atoms with Crippen LogP contribution in [0.15, 0.2) is 30.6 Å². The lowest BCUT2D eigenvalue weighted by molar-refractivity contribution is -0.118. The van der Waals surface area contributed by atoms with Gasteiger partial charge in [0.1, 0.15) is 0 Å². The minimum atomic E-state index is 0.282. The first-order valence-electron chi connectivity index (χ1n) is 13.4. The first kappa shape index (κ1) is 24.6. The summed E-state index contributed by atoms with van der Waals surface area (Å²) >= 11 is 0. The monoisotopic (exact) mass is 490 g/mol. The van der Waals surface area contributed by atoms with E-state index in [9.17, 15) is 4.79 Å². The van der Waals surface area contributed by atoms with E-state index in [1.165, 1.54) is 28.1 Å². The van der Waals surface area contributed by atoms with Crippen molar-refractivity contribution in [3.8, 4) is 11.1 Å². The molecule has 3 aliphatic rings. The SMILES string of the molecule is CC.CCC1Cc2cc(-c3cnn(C)c3)ccc2N(c2nn(C3CCOC3)c3c2CN(C=O)CC3)C1. The average Bonchev–Trinajstić information content (AvgIpc) is 3.68. The Kier molecular flexibility index (Phi) is 7.14. The first-order valence-corrected chi connectivity index (χ1v) is 13.4. The van der Waals surface area contributed by atoms with Crippen LogP contribution in [0.2, 0.25) is 0 Å². The molecule has 0 radical (unpaired) electrons. The Morgan fingerprint density at radius 1 is 1.22 bits per heavy atom. The van der Waals surface area contributed by atoms with E-state index >= 15 is 0 Å². The van der Waals surface area contributed by atoms with Crippen molar-refractivity contribution in [2.45, 2.75) is 59.0 Å². The lowest BCUT2D eigenvalue weighted by Crippen LogP contribution is -2.34. The third kappa shape index (κ3) is 4.43. The van der Waals surface area contributed by atoms with Crippen molar-refractivity contribution >= 4 is 17.9 Å². The van der Waals surface area contributed by atoms with Crippen LogP contribution in [0.4, 0.5) is 11.5 Å². The van der Waals surface area contributed by atoms with E-state index in [4.69, 9.17) is 9.84 Å². The predicted molar refractivity (Wildman–Crippen MR) is 141 cm³/mol. The Labute approximate surface area is 213 Å². The van der Waals surface area contributed by atoms with Crippen LogP contribution in [-0.4, -0.2) is 57.2 Å². The maximum atomic E-state index is 11.6. The molecule has 6 rings (SSSR count). The molecule has 2 atom stereocenters. The van der Waals surface area contributed by atoms with Crippen molar-refractivity contribution in [3.63, 3.8) is 0 Å². The van der Waals surface area contributed by atoms with Gasteiger partial charge in [-0.25, -0.2) is 0 Å². The number of fused-ring (bicyclic) bond motifs is 2. The number of carbonyl (C=O) groups excluding carboxylic acids is 1. The van der Waals surface area contributed by atoms with Gasteiger partial charge in [-0.1, -0.05) is 33.3 Å². The summed E-state index contributed by atoms with van der Waals surface area (Å²) in [6, 6.07) is 7.05. The number of hydrogen-bond donors (Lipinski definition) is 0. The summed E-state index contributed by atoms with van der Waals surface area (Å²) in [6.07, 6.45) is 8.98. The number of rotatable bonds is 5. The van der Waals surface area contributed by atoms with Gasteiger partial charge in [-0.15, -0.1) is 0 Å². The second kappa shape index (κ2) is 10.5. The van der Waals surface area contributed by atoms with Crippen LogP contribution in [0.5, 0.6) is 0 Å². The molecule has 8 nitrogen and oxygen atoms in total. The van der Waals surface area contributed by atoms with Gasteiger partial charge in [0.05, 0.1) is 25.4 Å². The third-order valence-corrected chi connectivity index (χ3v) is 7.69. The molecule has 1 fully saturated rings. The standard InChI is InChI=1S/C26H32N6O2.C2H6/c1-3-18-10-20-11-19(21-12-27-29(2)14-21)4-5-24(20)31(13-18)26-23-15-30(17-33)8-6-25(23)32(28-26)22-7-9-34-16-22;1-2/h4-5,11-12,14,17-18,22H,3,6-10,13,15-16H2,1-2H3;1-2H3. The molecule has 3 aliphatic heterocycles. The van der Waals surface area contributed by atoms with Crippen molar-refractivity contribution in [2.75, 3.05) is 31.2 Å². The van der Waals surface area contributed by atoms with E-state index < -0.39 is 0 Å². The zero-order valence-electron chi connectivity index (χ0n) is 22.0. The molecule has 3 aromatic rings. The van der Waals surface area contributed by atoms with E-state index in [-0.39, 0.29) is 6.04 Å². The van der Waals surface area contributed by atoms with E-state index in [0.717, 1.165) is 63.2 Å². The maximum absolute atomic E-state index is 11.6. The summed E-state index contributed by atoms with van der Waals surface area (Å²) in [6.45, 7) is 10.1. The van der Waals surface area contributed by atoms with Gasteiger partial charge in [-0.3, -0.25) is 14.2 Å². The summed E-state index contributed by atoms with van der Waals surface area (Å²) in [5, 5.41) is 9.58.